The van der Waals surface area contributed by atoms with Crippen molar-refractivity contribution in [2.45, 2.75) is 69.5 Å². The van der Waals surface area contributed by atoms with E-state index in [4.69, 9.17) is 14.9 Å². The van der Waals surface area contributed by atoms with Crippen LogP contribution in [0.15, 0.2) is 102 Å². The molecule has 7 aromatic rings. The molecule has 0 N–H and O–H groups in total. The van der Waals surface area contributed by atoms with Gasteiger partial charge in [-0.1, -0.05) is 78.6 Å². The summed E-state index contributed by atoms with van der Waals surface area (Å²) in [7, 11) is 0. The standard InChI is InChI=1S/C28H23N2O.C18H22F2GeN.Ir/c1-2-9-21(10-3-1)25-14-13-23-22-11-6-12-24(27(22)31-28(23)30-25)26-18-20(15-16-29-26)17-19-7-4-5-8-19;1-12(2)8-13-9-18(22-11-17(13)21(3,4)5)15-7-6-14(19)10-16(15)20;/h1-3,6,9-11,13-16,18-19H,4-5,7-8,17H2;6,9-12H,8H2,1-5H3;/q2*-1;/i17D2;8D2;. The zero-order chi connectivity index (χ0) is 40.7. The second-order valence-corrected chi connectivity index (χ2v) is 25.4. The molecule has 0 bridgehead atoms. The average Bonchev–Trinajstić information content (AvgIpc) is 3.87. The molecule has 0 unspecified atom stereocenters. The van der Waals surface area contributed by atoms with Gasteiger partial charge in [0.15, 0.2) is 0 Å². The van der Waals surface area contributed by atoms with E-state index in [9.17, 15) is 8.78 Å². The number of rotatable bonds is 8. The Kier molecular flexibility index (Phi) is 11.0. The number of benzene rings is 3. The molecule has 1 aliphatic carbocycles. The SMILES string of the molecule is [2H]C([2H])(c1cc(-c2[c-]cc(F)cc2F)nc[c]1[Ge]([CH3])([CH3])[CH3])C(C)C.[2H]C([2H])(c1ccnc(-c2[c-]ccc3c2oc2nc(-c4ccccc4)ccc23)c1)C1CCCC1.[Ir]. The molecule has 0 saturated heterocycles. The molecule has 54 heavy (non-hydrogen) atoms. The number of hydrogen-bond donors (Lipinski definition) is 0. The third-order valence-corrected chi connectivity index (χ3v) is 13.6. The Labute approximate surface area is 339 Å². The molecular weight excluding hydrogens is 913 g/mol. The maximum absolute atomic E-state index is 14.1. The first-order valence-electron chi connectivity index (χ1n) is 20.2. The van der Waals surface area contributed by atoms with Crippen molar-refractivity contribution in [3.63, 3.8) is 0 Å². The van der Waals surface area contributed by atoms with Gasteiger partial charge in [0.2, 0.25) is 5.71 Å². The van der Waals surface area contributed by atoms with Crippen molar-refractivity contribution in [1.82, 2.24) is 15.0 Å². The van der Waals surface area contributed by atoms with E-state index in [2.05, 4.69) is 39.4 Å². The average molecular weight is 963 g/mol. The number of hydrogen-bond acceptors (Lipinski definition) is 4. The van der Waals surface area contributed by atoms with Crippen molar-refractivity contribution >= 4 is 39.7 Å². The first-order valence-corrected chi connectivity index (χ1v) is 25.5. The number of nitrogens with zero attached hydrogens (tertiary/aromatic N) is 3. The van der Waals surface area contributed by atoms with Crippen LogP contribution in [-0.4, -0.2) is 28.2 Å². The molecule has 3 aromatic carbocycles. The molecule has 1 radical (unpaired) electrons. The Bertz CT molecular complexity index is 2560. The molecule has 1 aliphatic rings. The van der Waals surface area contributed by atoms with Crippen LogP contribution < -0.4 is 4.40 Å². The van der Waals surface area contributed by atoms with Gasteiger partial charge in [0.05, 0.1) is 11.3 Å². The van der Waals surface area contributed by atoms with Crippen LogP contribution in [0.25, 0.3) is 55.8 Å². The van der Waals surface area contributed by atoms with Crippen LogP contribution in [-0.2, 0) is 32.9 Å². The molecule has 8 heteroatoms. The Morgan fingerprint density at radius 3 is 2.35 bits per heavy atom. The Balaban J connectivity index is 0.000000203. The van der Waals surface area contributed by atoms with Crippen LogP contribution in [0.1, 0.15) is 56.1 Å². The van der Waals surface area contributed by atoms with Crippen molar-refractivity contribution in [3.05, 3.63) is 132 Å². The van der Waals surface area contributed by atoms with Crippen LogP contribution in [0.5, 0.6) is 0 Å². The molecule has 0 spiro atoms. The zero-order valence-corrected chi connectivity index (χ0v) is 35.6. The normalized spacial score (nSPS) is 14.9. The van der Waals surface area contributed by atoms with E-state index in [-0.39, 0.29) is 43.2 Å². The smallest absolute Gasteiger partial charge is 0.216 e. The van der Waals surface area contributed by atoms with Gasteiger partial charge >= 0.3 is 136 Å². The Morgan fingerprint density at radius 2 is 1.63 bits per heavy atom. The first-order chi connectivity index (χ1) is 27.1. The van der Waals surface area contributed by atoms with Gasteiger partial charge in [0.25, 0.3) is 0 Å². The van der Waals surface area contributed by atoms with E-state index in [1.165, 1.54) is 0 Å². The van der Waals surface area contributed by atoms with E-state index in [1.54, 1.807) is 24.5 Å². The predicted molar refractivity (Wildman–Crippen MR) is 215 cm³/mol. The first kappa shape index (κ1) is 34.5. The molecule has 4 aromatic heterocycles. The third kappa shape index (κ3) is 9.08. The Morgan fingerprint density at radius 1 is 0.870 bits per heavy atom. The van der Waals surface area contributed by atoms with Crippen molar-refractivity contribution in [1.29, 1.82) is 0 Å². The summed E-state index contributed by atoms with van der Waals surface area (Å²) in [5, 5.41) is 1.90. The molecule has 279 valence electrons. The Hall–Kier alpha value is -4.04. The third-order valence-electron chi connectivity index (χ3n) is 9.38. The summed E-state index contributed by atoms with van der Waals surface area (Å²) in [6, 6.07) is 30.9. The summed E-state index contributed by atoms with van der Waals surface area (Å²) < 4.78 is 68.9. The predicted octanol–water partition coefficient (Wildman–Crippen LogP) is 11.8. The number of pyridine rings is 3. The van der Waals surface area contributed by atoms with Gasteiger partial charge in [-0.3, -0.25) is 0 Å². The zero-order valence-electron chi connectivity index (χ0n) is 35.1. The van der Waals surface area contributed by atoms with Crippen LogP contribution in [0.2, 0.25) is 17.3 Å². The van der Waals surface area contributed by atoms with Gasteiger partial charge < -0.3 is 9.40 Å². The van der Waals surface area contributed by atoms with Crippen molar-refractivity contribution in [2.24, 2.45) is 11.8 Å². The second-order valence-electron chi connectivity index (χ2n) is 14.9. The minimum absolute atomic E-state index is 0. The minimum atomic E-state index is -2.38. The minimum Gasteiger partial charge on any atom is -0.486 e. The summed E-state index contributed by atoms with van der Waals surface area (Å²) in [4.78, 5) is 13.6. The maximum atomic E-state index is 14.1. The topological polar surface area (TPSA) is 51.8 Å². The van der Waals surface area contributed by atoms with Crippen LogP contribution in [0.4, 0.5) is 8.78 Å². The molecule has 4 nitrogen and oxygen atoms in total. The van der Waals surface area contributed by atoms with E-state index in [1.807, 2.05) is 74.5 Å². The monoisotopic (exact) mass is 964 g/mol. The molecule has 1 fully saturated rings. The number of fused-ring (bicyclic) bond motifs is 3. The van der Waals surface area contributed by atoms with Gasteiger partial charge in [-0.2, -0.15) is 0 Å². The van der Waals surface area contributed by atoms with Gasteiger partial charge in [-0.15, -0.1) is 18.2 Å². The van der Waals surface area contributed by atoms with Crippen molar-refractivity contribution in [3.8, 4) is 33.8 Å². The summed E-state index contributed by atoms with van der Waals surface area (Å²) >= 11 is -2.38. The van der Waals surface area contributed by atoms with Crippen LogP contribution in [0, 0.1) is 35.6 Å². The summed E-state index contributed by atoms with van der Waals surface area (Å²) in [6.07, 6.45) is 4.51. The molecule has 8 rings (SSSR count). The van der Waals surface area contributed by atoms with Crippen molar-refractivity contribution < 1.29 is 38.8 Å². The van der Waals surface area contributed by atoms with Crippen LogP contribution >= 0.6 is 0 Å². The van der Waals surface area contributed by atoms with Gasteiger partial charge in [-0.05, 0) is 36.2 Å². The van der Waals surface area contributed by atoms with Gasteiger partial charge in [0.1, 0.15) is 0 Å². The maximum Gasteiger partial charge on any atom is 0.216 e. The van der Waals surface area contributed by atoms with E-state index < -0.39 is 37.6 Å². The molecule has 1 saturated carbocycles. The molecular formula is C46H45F2GeIrN3O-2. The quantitative estimate of drug-likeness (QED) is 0.112. The molecule has 0 aliphatic heterocycles. The van der Waals surface area contributed by atoms with Crippen molar-refractivity contribution in [2.75, 3.05) is 0 Å². The summed E-state index contributed by atoms with van der Waals surface area (Å²) in [5.41, 5.74) is 6.12. The fraction of sp³-hybridized carbons (Fsp3) is 0.283. The molecule has 0 amide bonds. The summed E-state index contributed by atoms with van der Waals surface area (Å²) in [5.74, 6) is 4.88. The fourth-order valence-electron chi connectivity index (χ4n) is 6.81. The van der Waals surface area contributed by atoms with E-state index in [0.29, 0.717) is 28.1 Å². The largest absolute Gasteiger partial charge is 0.486 e. The van der Waals surface area contributed by atoms with Gasteiger partial charge in [-0.25, -0.2) is 4.98 Å². The summed E-state index contributed by atoms with van der Waals surface area (Å²) in [6.45, 7) is 3.65. The van der Waals surface area contributed by atoms with E-state index >= 15 is 0 Å². The van der Waals surface area contributed by atoms with Gasteiger partial charge in [0, 0.05) is 40.0 Å². The fourth-order valence-corrected chi connectivity index (χ4v) is 9.75. The number of halogens is 2. The number of aromatic nitrogens is 3. The molecule has 4 heterocycles. The number of furan rings is 1. The second kappa shape index (κ2) is 17.2. The van der Waals surface area contributed by atoms with Crippen LogP contribution in [0.3, 0.4) is 0 Å². The molecule has 0 atom stereocenters. The van der Waals surface area contributed by atoms with E-state index in [0.717, 1.165) is 69.8 Å².